The number of halogens is 1. The van der Waals surface area contributed by atoms with Crippen LogP contribution in [0, 0.1) is 0 Å². The van der Waals surface area contributed by atoms with Crippen LogP contribution in [0.15, 0.2) is 84.9 Å². The highest BCUT2D eigenvalue weighted by Crippen LogP contribution is 2.56. The number of fused-ring (bicyclic) bond motifs is 6. The van der Waals surface area contributed by atoms with Crippen molar-refractivity contribution in [2.24, 2.45) is 0 Å². The second-order valence-electron chi connectivity index (χ2n) is 9.33. The number of hydrogen-bond donors (Lipinski definition) is 1. The number of hydrogen-bond acceptors (Lipinski definition) is 5. The number of carbonyl (C=O) groups is 1. The molecule has 4 aromatic rings. The van der Waals surface area contributed by atoms with Gasteiger partial charge in [-0.1, -0.05) is 67.9 Å². The number of nitrogens with one attached hydrogen (secondary N) is 1. The second kappa shape index (κ2) is 9.25. The lowest BCUT2D eigenvalue weighted by atomic mass is 9.77. The fourth-order valence-electron chi connectivity index (χ4n) is 5.32. The van der Waals surface area contributed by atoms with Gasteiger partial charge in [-0.15, -0.1) is 0 Å². The largest absolute Gasteiger partial charge is 0.456 e. The van der Waals surface area contributed by atoms with Gasteiger partial charge in [0.05, 0.1) is 16.3 Å². The van der Waals surface area contributed by atoms with E-state index in [0.717, 1.165) is 53.3 Å². The maximum absolute atomic E-state index is 13.2. The standard InChI is InChI=1S/C31H27ClN2O3/c1-3-34(4-2)19-20-13-15-24-29(17-20)36-28-16-14-21(33-27-12-8-7-11-26(27)32)18-25(28)31(24)23-10-6-5-9-22(23)30(35)37-31/h5-18,33H,3-4,19H2,1-2H3. The normalized spacial score (nSPS) is 17.1. The third-order valence-corrected chi connectivity index (χ3v) is 7.56. The first-order valence-electron chi connectivity index (χ1n) is 12.6. The van der Waals surface area contributed by atoms with E-state index in [1.54, 1.807) is 0 Å². The molecule has 0 amide bonds. The highest BCUT2D eigenvalue weighted by Gasteiger charge is 2.53. The van der Waals surface area contributed by atoms with Crippen LogP contribution in [0.25, 0.3) is 0 Å². The summed E-state index contributed by atoms with van der Waals surface area (Å²) in [4.78, 5) is 15.5. The van der Waals surface area contributed by atoms with Crippen LogP contribution >= 0.6 is 11.6 Å². The Hall–Kier alpha value is -3.80. The van der Waals surface area contributed by atoms with Crippen molar-refractivity contribution in [1.82, 2.24) is 4.90 Å². The minimum Gasteiger partial charge on any atom is -0.456 e. The van der Waals surface area contributed by atoms with Crippen molar-refractivity contribution >= 4 is 28.9 Å². The first-order chi connectivity index (χ1) is 18.0. The van der Waals surface area contributed by atoms with Crippen LogP contribution in [0.4, 0.5) is 11.4 Å². The Bertz CT molecular complexity index is 1510. The van der Waals surface area contributed by atoms with Crippen LogP contribution in [-0.2, 0) is 16.9 Å². The summed E-state index contributed by atoms with van der Waals surface area (Å²) in [6.07, 6.45) is 0. The predicted molar refractivity (Wildman–Crippen MR) is 146 cm³/mol. The SMILES string of the molecule is CCN(CC)Cc1ccc2c(c1)Oc1ccc(Nc3ccccc3Cl)cc1C21OC(=O)c2ccccc21. The highest BCUT2D eigenvalue weighted by atomic mass is 35.5. The molecule has 0 saturated carbocycles. The van der Waals surface area contributed by atoms with Crippen LogP contribution in [0.2, 0.25) is 5.02 Å². The topological polar surface area (TPSA) is 50.8 Å². The molecule has 5 nitrogen and oxygen atoms in total. The molecule has 2 aliphatic rings. The van der Waals surface area contributed by atoms with Gasteiger partial charge in [-0.3, -0.25) is 4.90 Å². The molecule has 6 heteroatoms. The van der Waals surface area contributed by atoms with E-state index in [0.29, 0.717) is 22.1 Å². The second-order valence-corrected chi connectivity index (χ2v) is 9.73. The molecule has 0 fully saturated rings. The Morgan fingerprint density at radius 3 is 2.43 bits per heavy atom. The zero-order valence-corrected chi connectivity index (χ0v) is 21.5. The van der Waals surface area contributed by atoms with Gasteiger partial charge in [0.25, 0.3) is 0 Å². The lowest BCUT2D eigenvalue weighted by Gasteiger charge is -2.37. The van der Waals surface area contributed by atoms with E-state index in [2.05, 4.69) is 36.2 Å². The molecule has 1 N–H and O–H groups in total. The maximum atomic E-state index is 13.2. The van der Waals surface area contributed by atoms with Crippen LogP contribution < -0.4 is 10.1 Å². The van der Waals surface area contributed by atoms with E-state index >= 15 is 0 Å². The van der Waals surface area contributed by atoms with Gasteiger partial charge in [-0.25, -0.2) is 4.79 Å². The van der Waals surface area contributed by atoms with E-state index in [4.69, 9.17) is 21.1 Å². The Balaban J connectivity index is 1.51. The summed E-state index contributed by atoms with van der Waals surface area (Å²) < 4.78 is 12.8. The van der Waals surface area contributed by atoms with Crippen molar-refractivity contribution in [3.63, 3.8) is 0 Å². The number of benzene rings is 4. The van der Waals surface area contributed by atoms with Gasteiger partial charge in [0, 0.05) is 28.9 Å². The minimum atomic E-state index is -1.11. The maximum Gasteiger partial charge on any atom is 0.340 e. The molecule has 2 heterocycles. The van der Waals surface area contributed by atoms with E-state index in [-0.39, 0.29) is 5.97 Å². The molecule has 0 bridgehead atoms. The van der Waals surface area contributed by atoms with Crippen LogP contribution in [0.3, 0.4) is 0 Å². The number of ether oxygens (including phenoxy) is 2. The average molecular weight is 511 g/mol. The Morgan fingerprint density at radius 2 is 1.62 bits per heavy atom. The monoisotopic (exact) mass is 510 g/mol. The molecule has 2 aliphatic heterocycles. The third-order valence-electron chi connectivity index (χ3n) is 7.23. The van der Waals surface area contributed by atoms with Gasteiger partial charge in [0.1, 0.15) is 11.5 Å². The summed E-state index contributed by atoms with van der Waals surface area (Å²) >= 11 is 6.40. The summed E-state index contributed by atoms with van der Waals surface area (Å²) in [6.45, 7) is 7.07. The summed E-state index contributed by atoms with van der Waals surface area (Å²) in [6, 6.07) is 27.3. The molecule has 186 valence electrons. The van der Waals surface area contributed by atoms with Gasteiger partial charge < -0.3 is 14.8 Å². The number of anilines is 2. The van der Waals surface area contributed by atoms with Gasteiger partial charge in [-0.2, -0.15) is 0 Å². The van der Waals surface area contributed by atoms with E-state index < -0.39 is 5.60 Å². The van der Waals surface area contributed by atoms with Crippen molar-refractivity contribution in [2.45, 2.75) is 26.0 Å². The predicted octanol–water partition coefficient (Wildman–Crippen LogP) is 7.49. The van der Waals surface area contributed by atoms with Gasteiger partial charge in [0.2, 0.25) is 0 Å². The molecule has 6 rings (SSSR count). The molecule has 1 spiro atoms. The number of rotatable bonds is 6. The van der Waals surface area contributed by atoms with Crippen LogP contribution in [0.5, 0.6) is 11.5 Å². The fraction of sp³-hybridized carbons (Fsp3) is 0.194. The zero-order chi connectivity index (χ0) is 25.6. The Labute approximate surface area is 221 Å². The summed E-state index contributed by atoms with van der Waals surface area (Å²) in [5.41, 5.74) is 4.62. The molecule has 37 heavy (non-hydrogen) atoms. The summed E-state index contributed by atoms with van der Waals surface area (Å²) in [5.74, 6) is 1.02. The first kappa shape index (κ1) is 23.6. The van der Waals surface area contributed by atoms with Crippen molar-refractivity contribution in [3.05, 3.63) is 118 Å². The van der Waals surface area contributed by atoms with E-state index in [1.165, 1.54) is 0 Å². The molecule has 0 aromatic heterocycles. The third kappa shape index (κ3) is 3.86. The molecule has 0 aliphatic carbocycles. The molecule has 1 unspecified atom stereocenters. The zero-order valence-electron chi connectivity index (χ0n) is 20.8. The van der Waals surface area contributed by atoms with E-state index in [1.807, 2.05) is 72.8 Å². The van der Waals surface area contributed by atoms with Crippen LogP contribution in [-0.4, -0.2) is 24.0 Å². The Kier molecular flexibility index (Phi) is 5.90. The first-order valence-corrected chi connectivity index (χ1v) is 12.9. The average Bonchev–Trinajstić information content (AvgIpc) is 3.22. The van der Waals surface area contributed by atoms with Gasteiger partial charge in [0.15, 0.2) is 5.60 Å². The number of esters is 1. The quantitative estimate of drug-likeness (QED) is 0.272. The smallest absolute Gasteiger partial charge is 0.340 e. The molecule has 0 saturated heterocycles. The summed E-state index contributed by atoms with van der Waals surface area (Å²) in [5, 5.41) is 4.02. The minimum absolute atomic E-state index is 0.342. The van der Waals surface area contributed by atoms with Crippen molar-refractivity contribution < 1.29 is 14.3 Å². The van der Waals surface area contributed by atoms with Crippen molar-refractivity contribution in [1.29, 1.82) is 0 Å². The number of carbonyl (C=O) groups excluding carboxylic acids is 1. The number of nitrogens with zero attached hydrogens (tertiary/aromatic N) is 1. The van der Waals surface area contributed by atoms with Crippen LogP contribution in [0.1, 0.15) is 46.5 Å². The lowest BCUT2D eigenvalue weighted by Crippen LogP contribution is -2.33. The van der Waals surface area contributed by atoms with Gasteiger partial charge in [-0.05, 0) is 61.1 Å². The Morgan fingerprint density at radius 1 is 0.838 bits per heavy atom. The molecule has 1 atom stereocenters. The van der Waals surface area contributed by atoms with E-state index in [9.17, 15) is 4.79 Å². The molecular formula is C31H27ClN2O3. The van der Waals surface area contributed by atoms with Crippen molar-refractivity contribution in [3.8, 4) is 11.5 Å². The van der Waals surface area contributed by atoms with Crippen molar-refractivity contribution in [2.75, 3.05) is 18.4 Å². The molecule has 4 aromatic carbocycles. The summed E-state index contributed by atoms with van der Waals surface area (Å²) in [7, 11) is 0. The molecular weight excluding hydrogens is 484 g/mol. The lowest BCUT2D eigenvalue weighted by molar-refractivity contribution is 0.0224. The van der Waals surface area contributed by atoms with Gasteiger partial charge >= 0.3 is 5.97 Å². The molecule has 0 radical (unpaired) electrons. The fourth-order valence-corrected chi connectivity index (χ4v) is 5.50. The number of para-hydroxylation sites is 1. The highest BCUT2D eigenvalue weighted by molar-refractivity contribution is 6.33.